The van der Waals surface area contributed by atoms with E-state index in [1.54, 1.807) is 60.7 Å². The molecule has 0 saturated carbocycles. The van der Waals surface area contributed by atoms with Crippen LogP contribution in [-0.2, 0) is 28.6 Å². The number of fused-ring (bicyclic) bond motifs is 1. The Morgan fingerprint density at radius 2 is 1.33 bits per heavy atom. The lowest BCUT2D eigenvalue weighted by Gasteiger charge is -2.43. The van der Waals surface area contributed by atoms with Crippen LogP contribution in [0.2, 0.25) is 0 Å². The number of carbonyl (C=O) groups is 2. The molecule has 3 atom stereocenters. The van der Waals surface area contributed by atoms with Crippen molar-refractivity contribution in [1.82, 2.24) is 4.90 Å². The third-order valence-corrected chi connectivity index (χ3v) is 9.61. The van der Waals surface area contributed by atoms with Crippen molar-refractivity contribution in [2.24, 2.45) is 0 Å². The third kappa shape index (κ3) is 5.24. The Morgan fingerprint density at radius 1 is 0.860 bits per heavy atom. The van der Waals surface area contributed by atoms with Crippen molar-refractivity contribution >= 4 is 33.8 Å². The number of carbonyl (C=O) groups excluding carboxylic acids is 2. The van der Waals surface area contributed by atoms with Gasteiger partial charge in [0.05, 0.1) is 0 Å². The molecule has 2 aliphatic rings. The third-order valence-electron chi connectivity index (χ3n) is 6.71. The van der Waals surface area contributed by atoms with Crippen LogP contribution in [0, 0.1) is 0 Å². The Kier molecular flexibility index (Phi) is 8.09. The van der Waals surface area contributed by atoms with Crippen LogP contribution in [-0.4, -0.2) is 70.7 Å². The van der Waals surface area contributed by atoms with Gasteiger partial charge in [0.1, 0.15) is 11.4 Å². The molecule has 2 saturated heterocycles. The van der Waals surface area contributed by atoms with Crippen LogP contribution < -0.4 is 0 Å². The molecule has 0 spiro atoms. The molecule has 43 heavy (non-hydrogen) atoms. The molecule has 0 aliphatic carbocycles. The van der Waals surface area contributed by atoms with Gasteiger partial charge in [-0.05, 0) is 25.0 Å². The van der Waals surface area contributed by atoms with Gasteiger partial charge in [0.2, 0.25) is 0 Å². The first-order valence-electron chi connectivity index (χ1n) is 12.0. The zero-order chi connectivity index (χ0) is 32.4. The number of hydrogen-bond acceptors (Lipinski definition) is 7. The normalized spacial score (nSPS) is 22.7. The SMILES string of the molecule is CC1(C)S[C@@H]2[C@@H](OS(=O)(=O)C(F)(F)C(F)(F)C(F)(F)C(F)(F)F)C(=O)N2[C@H]1C(=O)OC(c1ccccc1)c1ccccc1. The van der Waals surface area contributed by atoms with Gasteiger partial charge in [-0.1, -0.05) is 60.7 Å². The maximum absolute atomic E-state index is 14.2. The van der Waals surface area contributed by atoms with Crippen molar-refractivity contribution in [3.05, 3.63) is 71.8 Å². The first kappa shape index (κ1) is 32.9. The van der Waals surface area contributed by atoms with Crippen LogP contribution in [0.5, 0.6) is 0 Å². The number of nitrogens with zero attached hydrogens (tertiary/aromatic N) is 1. The van der Waals surface area contributed by atoms with Crippen LogP contribution in [0.1, 0.15) is 31.1 Å². The van der Waals surface area contributed by atoms with Gasteiger partial charge in [0.15, 0.2) is 12.2 Å². The summed E-state index contributed by atoms with van der Waals surface area (Å²) in [5.74, 6) is -17.6. The molecule has 2 aromatic carbocycles. The van der Waals surface area contributed by atoms with Crippen molar-refractivity contribution in [3.63, 3.8) is 0 Å². The molecule has 236 valence electrons. The van der Waals surface area contributed by atoms with Gasteiger partial charge >= 0.3 is 39.4 Å². The minimum atomic E-state index is -7.53. The number of thioether (sulfide) groups is 1. The minimum absolute atomic E-state index is 0.517. The van der Waals surface area contributed by atoms with E-state index < -0.39 is 73.6 Å². The molecular weight excluding hydrogens is 645 g/mol. The summed E-state index contributed by atoms with van der Waals surface area (Å²) in [6, 6.07) is 15.1. The first-order chi connectivity index (χ1) is 19.6. The molecule has 0 unspecified atom stereocenters. The highest BCUT2D eigenvalue weighted by Crippen LogP contribution is 2.57. The van der Waals surface area contributed by atoms with E-state index in [1.165, 1.54) is 13.8 Å². The van der Waals surface area contributed by atoms with Gasteiger partial charge in [0, 0.05) is 4.75 Å². The predicted octanol–water partition coefficient (Wildman–Crippen LogP) is 5.52. The van der Waals surface area contributed by atoms with Gasteiger partial charge in [-0.3, -0.25) is 4.79 Å². The number of halogens is 9. The highest BCUT2D eigenvalue weighted by Gasteiger charge is 2.86. The molecule has 1 amide bonds. The number of esters is 1. The molecule has 2 aromatic rings. The van der Waals surface area contributed by atoms with Gasteiger partial charge in [0.25, 0.3) is 5.91 Å². The molecule has 2 fully saturated rings. The second-order valence-electron chi connectivity index (χ2n) is 10.0. The van der Waals surface area contributed by atoms with Crippen LogP contribution in [0.4, 0.5) is 39.5 Å². The summed E-state index contributed by atoms with van der Waals surface area (Å²) in [4.78, 5) is 27.0. The second kappa shape index (κ2) is 10.6. The molecule has 2 heterocycles. The number of ether oxygens (including phenoxy) is 1. The fourth-order valence-electron chi connectivity index (χ4n) is 4.53. The summed E-state index contributed by atoms with van der Waals surface area (Å²) in [5.41, 5.74) is 1.03. The molecule has 0 radical (unpaired) electrons. The lowest BCUT2D eigenvalue weighted by molar-refractivity contribution is -0.382. The highest BCUT2D eigenvalue weighted by molar-refractivity contribution is 8.01. The number of alkyl halides is 9. The van der Waals surface area contributed by atoms with Crippen molar-refractivity contribution in [1.29, 1.82) is 0 Å². The van der Waals surface area contributed by atoms with E-state index in [4.69, 9.17) is 4.74 Å². The number of rotatable bonds is 9. The average molecular weight is 666 g/mol. The number of β-lactam (4-membered cyclic amide) rings is 1. The van der Waals surface area contributed by atoms with Crippen molar-refractivity contribution < 1.29 is 66.4 Å². The number of amides is 1. The lowest BCUT2D eigenvalue weighted by atomic mass is 9.96. The fourth-order valence-corrected chi connectivity index (χ4v) is 7.22. The fraction of sp³-hybridized carbons (Fsp3) is 0.440. The monoisotopic (exact) mass is 665 g/mol. The van der Waals surface area contributed by atoms with E-state index in [1.807, 2.05) is 0 Å². The Balaban J connectivity index is 1.58. The molecule has 0 N–H and O–H groups in total. The Morgan fingerprint density at radius 3 is 1.77 bits per heavy atom. The molecule has 2 aliphatic heterocycles. The van der Waals surface area contributed by atoms with Crippen molar-refractivity contribution in [3.8, 4) is 0 Å². The van der Waals surface area contributed by atoms with E-state index in [2.05, 4.69) is 4.18 Å². The first-order valence-corrected chi connectivity index (χ1v) is 14.3. The van der Waals surface area contributed by atoms with Crippen LogP contribution in [0.3, 0.4) is 0 Å². The zero-order valence-electron chi connectivity index (χ0n) is 21.7. The van der Waals surface area contributed by atoms with E-state index in [0.717, 1.165) is 0 Å². The lowest BCUT2D eigenvalue weighted by Crippen LogP contribution is -2.68. The van der Waals surface area contributed by atoms with Crippen molar-refractivity contribution in [2.45, 2.75) is 65.5 Å². The van der Waals surface area contributed by atoms with E-state index in [9.17, 15) is 57.5 Å². The summed E-state index contributed by atoms with van der Waals surface area (Å²) in [6.07, 6.45) is -10.8. The maximum Gasteiger partial charge on any atom is 0.460 e. The summed E-state index contributed by atoms with van der Waals surface area (Å²) >= 11 is 0.607. The predicted molar refractivity (Wildman–Crippen MR) is 132 cm³/mol. The zero-order valence-corrected chi connectivity index (χ0v) is 23.3. The van der Waals surface area contributed by atoms with Gasteiger partial charge < -0.3 is 9.64 Å². The van der Waals surface area contributed by atoms with Crippen LogP contribution >= 0.6 is 11.8 Å². The Hall–Kier alpha value is -2.99. The molecule has 0 aromatic heterocycles. The number of benzene rings is 2. The Labute approximate surface area is 242 Å². The topological polar surface area (TPSA) is 90.0 Å². The summed E-state index contributed by atoms with van der Waals surface area (Å²) in [6.45, 7) is 2.76. The molecule has 4 rings (SSSR count). The minimum Gasteiger partial charge on any atom is -0.451 e. The molecule has 7 nitrogen and oxygen atoms in total. The molecular formula is C25H20F9NO6S2. The summed E-state index contributed by atoms with van der Waals surface area (Å²) < 4.78 is 152. The van der Waals surface area contributed by atoms with Gasteiger partial charge in [-0.2, -0.15) is 47.9 Å². The van der Waals surface area contributed by atoms with Gasteiger partial charge in [-0.15, -0.1) is 11.8 Å². The average Bonchev–Trinajstić information content (AvgIpc) is 3.18. The van der Waals surface area contributed by atoms with Crippen molar-refractivity contribution in [2.75, 3.05) is 0 Å². The van der Waals surface area contributed by atoms with E-state index in [0.29, 0.717) is 27.8 Å². The summed E-state index contributed by atoms with van der Waals surface area (Å²) in [5, 5.41) is -8.75. The van der Waals surface area contributed by atoms with Gasteiger partial charge in [-0.25, -0.2) is 8.98 Å². The molecule has 18 heteroatoms. The van der Waals surface area contributed by atoms with E-state index in [-0.39, 0.29) is 0 Å². The van der Waals surface area contributed by atoms with Crippen LogP contribution in [0.25, 0.3) is 0 Å². The standard InChI is InChI=1S/C25H20F9NO6S2/c1-21(2)17(20(37)40-15(13-9-5-3-6-10-13)14-11-7-4-8-12-14)35-18(36)16(19(35)42-21)41-43(38,39)25(33,34)23(28,29)22(26,27)24(30,31)32/h3-12,15-17,19H,1-2H3/t16-,17-,19+/m0/s1. The maximum atomic E-state index is 14.2. The molecule has 0 bridgehead atoms. The smallest absolute Gasteiger partial charge is 0.451 e. The Bertz CT molecular complexity index is 1450. The highest BCUT2D eigenvalue weighted by atomic mass is 32.2. The van der Waals surface area contributed by atoms with Crippen LogP contribution in [0.15, 0.2) is 60.7 Å². The number of hydrogen-bond donors (Lipinski definition) is 0. The largest absolute Gasteiger partial charge is 0.460 e. The summed E-state index contributed by atoms with van der Waals surface area (Å²) in [7, 11) is -7.30. The van der Waals surface area contributed by atoms with E-state index >= 15 is 0 Å². The second-order valence-corrected chi connectivity index (χ2v) is 13.4. The quantitative estimate of drug-likeness (QED) is 0.151.